The molecule has 8 heteroatoms. The Kier molecular flexibility index (Phi) is 7.01. The number of sulfonamides is 1. The van der Waals surface area contributed by atoms with E-state index in [0.29, 0.717) is 36.6 Å². The molecule has 1 amide bonds. The topological polar surface area (TPSA) is 66.5 Å². The van der Waals surface area contributed by atoms with Gasteiger partial charge in [-0.15, -0.1) is 0 Å². The summed E-state index contributed by atoms with van der Waals surface area (Å²) in [5, 5.41) is 6.98. The minimum Gasteiger partial charge on any atom is -0.325 e. The third kappa shape index (κ3) is 5.04. The van der Waals surface area contributed by atoms with E-state index in [4.69, 9.17) is 11.6 Å². The lowest BCUT2D eigenvalue weighted by atomic mass is 10.2. The average molecular weight is 401 g/mol. The van der Waals surface area contributed by atoms with Crippen LogP contribution in [-0.4, -0.2) is 31.7 Å². The highest BCUT2D eigenvalue weighted by Gasteiger charge is 2.22. The van der Waals surface area contributed by atoms with Crippen LogP contribution in [0.25, 0.3) is 0 Å². The number of hydrogen-bond donors (Lipinski definition) is 1. The molecule has 1 aromatic carbocycles. The molecule has 0 saturated heterocycles. The van der Waals surface area contributed by atoms with Crippen molar-refractivity contribution in [3.8, 4) is 0 Å². The van der Waals surface area contributed by atoms with Crippen molar-refractivity contribution < 1.29 is 13.2 Å². The molecular weight excluding hydrogens is 380 g/mol. The van der Waals surface area contributed by atoms with E-state index in [9.17, 15) is 13.2 Å². The van der Waals surface area contributed by atoms with Crippen LogP contribution in [0.1, 0.15) is 25.8 Å². The highest BCUT2D eigenvalue weighted by molar-refractivity contribution is 7.89. The third-order valence-corrected chi connectivity index (χ3v) is 6.88. The van der Waals surface area contributed by atoms with Crippen molar-refractivity contribution in [2.45, 2.75) is 31.6 Å². The largest absolute Gasteiger partial charge is 0.325 e. The first kappa shape index (κ1) is 19.9. The first-order chi connectivity index (χ1) is 11.9. The van der Waals surface area contributed by atoms with E-state index < -0.39 is 10.0 Å². The van der Waals surface area contributed by atoms with E-state index in [1.165, 1.54) is 22.5 Å². The Morgan fingerprint density at radius 1 is 1.24 bits per heavy atom. The first-order valence-electron chi connectivity index (χ1n) is 7.99. The highest BCUT2D eigenvalue weighted by atomic mass is 35.5. The molecule has 0 spiro atoms. The second-order valence-corrected chi connectivity index (χ2v) is 8.54. The number of halogens is 1. The van der Waals surface area contributed by atoms with Gasteiger partial charge >= 0.3 is 0 Å². The molecule has 136 valence electrons. The van der Waals surface area contributed by atoms with Crippen LogP contribution < -0.4 is 5.32 Å². The number of nitrogens with zero attached hydrogens (tertiary/aromatic N) is 1. The molecule has 0 aliphatic heterocycles. The van der Waals surface area contributed by atoms with Crippen molar-refractivity contribution in [1.82, 2.24) is 4.31 Å². The van der Waals surface area contributed by atoms with Crippen molar-refractivity contribution in [1.29, 1.82) is 0 Å². The Morgan fingerprint density at radius 3 is 2.56 bits per heavy atom. The summed E-state index contributed by atoms with van der Waals surface area (Å²) in [5.74, 6) is -0.203. The summed E-state index contributed by atoms with van der Waals surface area (Å²) in [6, 6.07) is 6.34. The summed E-state index contributed by atoms with van der Waals surface area (Å²) in [6.07, 6.45) is 0.935. The van der Waals surface area contributed by atoms with Crippen molar-refractivity contribution in [2.75, 3.05) is 18.4 Å². The summed E-state index contributed by atoms with van der Waals surface area (Å²) in [6.45, 7) is 4.32. The summed E-state index contributed by atoms with van der Waals surface area (Å²) in [5.41, 5.74) is 1.41. The van der Waals surface area contributed by atoms with Gasteiger partial charge in [-0.25, -0.2) is 8.42 Å². The molecule has 0 saturated carbocycles. The van der Waals surface area contributed by atoms with E-state index >= 15 is 0 Å². The van der Waals surface area contributed by atoms with Crippen LogP contribution in [-0.2, 0) is 21.2 Å². The zero-order valence-corrected chi connectivity index (χ0v) is 16.5. The van der Waals surface area contributed by atoms with Crippen molar-refractivity contribution in [3.05, 3.63) is 45.6 Å². The number of rotatable bonds is 8. The number of hydrogen-bond acceptors (Lipinski definition) is 4. The average Bonchev–Trinajstić information content (AvgIpc) is 3.09. The quantitative estimate of drug-likeness (QED) is 0.728. The minimum atomic E-state index is -3.60. The van der Waals surface area contributed by atoms with E-state index in [2.05, 4.69) is 5.32 Å². The number of carbonyl (C=O) groups is 1. The van der Waals surface area contributed by atoms with E-state index in [0.717, 1.165) is 5.56 Å². The summed E-state index contributed by atoms with van der Waals surface area (Å²) >= 11 is 7.70. The van der Waals surface area contributed by atoms with Gasteiger partial charge in [-0.3, -0.25) is 4.79 Å². The maximum absolute atomic E-state index is 12.6. The Balaban J connectivity index is 2.14. The monoisotopic (exact) mass is 400 g/mol. The fourth-order valence-corrected chi connectivity index (χ4v) is 4.73. The van der Waals surface area contributed by atoms with Gasteiger partial charge in [0, 0.05) is 19.5 Å². The Morgan fingerprint density at radius 2 is 1.96 bits per heavy atom. The van der Waals surface area contributed by atoms with Gasteiger partial charge in [0.25, 0.3) is 0 Å². The lowest BCUT2D eigenvalue weighted by Gasteiger charge is -2.19. The lowest BCUT2D eigenvalue weighted by Crippen LogP contribution is -2.30. The first-order valence-corrected chi connectivity index (χ1v) is 10.7. The second-order valence-electron chi connectivity index (χ2n) is 5.41. The molecule has 0 aliphatic carbocycles. The molecule has 0 aliphatic rings. The lowest BCUT2D eigenvalue weighted by molar-refractivity contribution is -0.116. The predicted octanol–water partition coefficient (Wildman–Crippen LogP) is 4.00. The van der Waals surface area contributed by atoms with Crippen molar-refractivity contribution >= 4 is 44.6 Å². The molecule has 1 N–H and O–H groups in total. The molecular formula is C17H21ClN2O3S2. The highest BCUT2D eigenvalue weighted by Crippen LogP contribution is 2.27. The molecule has 25 heavy (non-hydrogen) atoms. The number of thiophene rings is 1. The van der Waals surface area contributed by atoms with Crippen LogP contribution >= 0.6 is 22.9 Å². The minimum absolute atomic E-state index is 0.119. The Bertz CT molecular complexity index is 816. The Labute approximate surface area is 157 Å². The van der Waals surface area contributed by atoms with Crippen LogP contribution in [0.15, 0.2) is 39.9 Å². The van der Waals surface area contributed by atoms with Crippen LogP contribution in [0, 0.1) is 0 Å². The van der Waals surface area contributed by atoms with Gasteiger partial charge in [0.2, 0.25) is 15.9 Å². The SMILES string of the molecule is CCN(CC)S(=O)(=O)c1ccc(Cl)c(NC(=O)CCc2ccsc2)c1. The number of benzene rings is 1. The molecule has 2 rings (SSSR count). The number of anilines is 1. The van der Waals surface area contributed by atoms with Gasteiger partial charge in [-0.2, -0.15) is 15.6 Å². The fourth-order valence-electron chi connectivity index (χ4n) is 2.38. The molecule has 0 atom stereocenters. The van der Waals surface area contributed by atoms with E-state index in [1.54, 1.807) is 25.2 Å². The van der Waals surface area contributed by atoms with Gasteiger partial charge in [-0.1, -0.05) is 25.4 Å². The van der Waals surface area contributed by atoms with Gasteiger partial charge in [0.05, 0.1) is 15.6 Å². The molecule has 0 radical (unpaired) electrons. The van der Waals surface area contributed by atoms with Gasteiger partial charge < -0.3 is 5.32 Å². The molecule has 5 nitrogen and oxygen atoms in total. The molecule has 0 fully saturated rings. The number of amides is 1. The van der Waals surface area contributed by atoms with E-state index in [-0.39, 0.29) is 10.8 Å². The predicted molar refractivity (Wildman–Crippen MR) is 103 cm³/mol. The summed E-state index contributed by atoms with van der Waals surface area (Å²) < 4.78 is 26.6. The molecule has 0 unspecified atom stereocenters. The van der Waals surface area contributed by atoms with Gasteiger partial charge in [0.15, 0.2) is 0 Å². The zero-order valence-electron chi connectivity index (χ0n) is 14.2. The number of aryl methyl sites for hydroxylation is 1. The van der Waals surface area contributed by atoms with Crippen LogP contribution in [0.3, 0.4) is 0 Å². The molecule has 1 aromatic heterocycles. The van der Waals surface area contributed by atoms with Crippen LogP contribution in [0.4, 0.5) is 5.69 Å². The maximum Gasteiger partial charge on any atom is 0.243 e. The fraction of sp³-hybridized carbons (Fsp3) is 0.353. The standard InChI is InChI=1S/C17H21ClN2O3S2/c1-3-20(4-2)25(22,23)14-6-7-15(18)16(11-14)19-17(21)8-5-13-9-10-24-12-13/h6-7,9-12H,3-5,8H2,1-2H3,(H,19,21). The van der Waals surface area contributed by atoms with E-state index in [1.807, 2.05) is 16.8 Å². The molecule has 1 heterocycles. The smallest absolute Gasteiger partial charge is 0.243 e. The normalized spacial score (nSPS) is 11.7. The third-order valence-electron chi connectivity index (χ3n) is 3.78. The second kappa shape index (κ2) is 8.80. The van der Waals surface area contributed by atoms with Crippen LogP contribution in [0.5, 0.6) is 0 Å². The maximum atomic E-state index is 12.6. The summed E-state index contributed by atoms with van der Waals surface area (Å²) in [4.78, 5) is 12.3. The van der Waals surface area contributed by atoms with Gasteiger partial charge in [-0.05, 0) is 47.0 Å². The number of carbonyl (C=O) groups excluding carboxylic acids is 1. The molecule has 2 aromatic rings. The summed E-state index contributed by atoms with van der Waals surface area (Å²) in [7, 11) is -3.60. The number of nitrogens with one attached hydrogen (secondary N) is 1. The van der Waals surface area contributed by atoms with Crippen LogP contribution in [0.2, 0.25) is 5.02 Å². The van der Waals surface area contributed by atoms with Crippen molar-refractivity contribution in [3.63, 3.8) is 0 Å². The van der Waals surface area contributed by atoms with Gasteiger partial charge in [0.1, 0.15) is 0 Å². The zero-order chi connectivity index (χ0) is 18.4. The molecule has 0 bridgehead atoms. The Hall–Kier alpha value is -1.41. The van der Waals surface area contributed by atoms with Crippen molar-refractivity contribution in [2.24, 2.45) is 0 Å².